The van der Waals surface area contributed by atoms with Crippen molar-refractivity contribution in [2.45, 2.75) is 83.6 Å². The van der Waals surface area contributed by atoms with Gasteiger partial charge in [0.05, 0.1) is 12.6 Å². The molecule has 154 valence electrons. The van der Waals surface area contributed by atoms with Gasteiger partial charge >= 0.3 is 12.1 Å². The average molecular weight is 374 g/mol. The summed E-state index contributed by atoms with van der Waals surface area (Å²) >= 11 is 0. The molecule has 0 saturated carbocycles. The van der Waals surface area contributed by atoms with Gasteiger partial charge in [-0.1, -0.05) is 71.1 Å². The van der Waals surface area contributed by atoms with Crippen LogP contribution in [-0.4, -0.2) is 45.0 Å². The quantitative estimate of drug-likeness (QED) is 0.338. The van der Waals surface area contributed by atoms with Crippen molar-refractivity contribution in [3.8, 4) is 0 Å². The molecule has 26 heavy (non-hydrogen) atoms. The topological polar surface area (TPSA) is 103 Å². The molecule has 0 aliphatic heterocycles. The van der Waals surface area contributed by atoms with E-state index < -0.39 is 12.1 Å². The first-order valence-corrected chi connectivity index (χ1v) is 10.1. The molecular weight excluding hydrogens is 334 g/mol. The molecule has 3 amide bonds. The minimum absolute atomic E-state index is 0.00492. The molecule has 0 radical (unpaired) electrons. The minimum atomic E-state index is -0.866. The van der Waals surface area contributed by atoms with Crippen molar-refractivity contribution in [3.05, 3.63) is 0 Å². The molecule has 0 spiro atoms. The Morgan fingerprint density at radius 2 is 1.42 bits per heavy atom. The number of nitrogens with two attached hydrogens (primary N) is 1. The third-order valence-corrected chi connectivity index (χ3v) is 4.20. The maximum absolute atomic E-state index is 11.8. The van der Waals surface area contributed by atoms with Crippen LogP contribution in [0.4, 0.5) is 9.59 Å². The molecule has 0 aliphatic rings. The molecule has 0 aromatic carbocycles. The Morgan fingerprint density at radius 3 is 1.92 bits per heavy atom. The van der Waals surface area contributed by atoms with Crippen LogP contribution in [0.25, 0.3) is 0 Å². The van der Waals surface area contributed by atoms with Crippen LogP contribution in [0.15, 0.2) is 0 Å². The van der Waals surface area contributed by atoms with Crippen LogP contribution in [0.2, 0.25) is 0 Å². The fourth-order valence-corrected chi connectivity index (χ4v) is 2.74. The number of hydrogen-bond donors (Lipinski definition) is 3. The zero-order chi connectivity index (χ0) is 19.5. The predicted molar refractivity (Wildman–Crippen MR) is 104 cm³/mol. The zero-order valence-corrected chi connectivity index (χ0v) is 16.7. The molecule has 0 aliphatic carbocycles. The fraction of sp³-hybridized carbons (Fsp3) is 0.895. The van der Waals surface area contributed by atoms with Crippen LogP contribution in [0.3, 0.4) is 0 Å². The summed E-state index contributed by atoms with van der Waals surface area (Å²) in [5.74, 6) is 0. The molecule has 0 aromatic heterocycles. The highest BCUT2D eigenvalue weighted by Crippen LogP contribution is 2.10. The molecule has 7 heteroatoms. The number of nitrogens with one attached hydrogen (secondary N) is 2. The molecule has 0 fully saturated rings. The number of amides is 3. The Bertz CT molecular complexity index is 354. The van der Waals surface area contributed by atoms with Crippen LogP contribution in [0.5, 0.6) is 0 Å². The van der Waals surface area contributed by atoms with Gasteiger partial charge in [-0.25, -0.2) is 9.59 Å². The number of ether oxygens (including phenoxy) is 2. The van der Waals surface area contributed by atoms with Gasteiger partial charge in [0.1, 0.15) is 6.61 Å². The standard InChI is InChI=1S/C19H39N3O4/c1-3-4-5-6-7-8-9-10-11-12-13-14-21-19(24)22-17(15-25-2)16-26-18(20)23/h17H,3-16H2,1-2H3,(H2,20,23)(H2,21,22,24). The monoisotopic (exact) mass is 373 g/mol. The lowest BCUT2D eigenvalue weighted by Gasteiger charge is -2.17. The Balaban J connectivity index is 3.50. The second-order valence-electron chi connectivity index (χ2n) is 6.72. The number of rotatable bonds is 17. The van der Waals surface area contributed by atoms with Crippen molar-refractivity contribution in [2.75, 3.05) is 26.9 Å². The summed E-state index contributed by atoms with van der Waals surface area (Å²) in [6.07, 6.45) is 13.2. The first-order chi connectivity index (χ1) is 12.6. The summed E-state index contributed by atoms with van der Waals surface area (Å²) in [6.45, 7) is 3.13. The highest BCUT2D eigenvalue weighted by Gasteiger charge is 2.13. The van der Waals surface area contributed by atoms with E-state index in [-0.39, 0.29) is 19.2 Å². The van der Waals surface area contributed by atoms with Gasteiger partial charge in [0, 0.05) is 13.7 Å². The van der Waals surface area contributed by atoms with E-state index in [1.807, 2.05) is 0 Å². The minimum Gasteiger partial charge on any atom is -0.447 e. The highest BCUT2D eigenvalue weighted by atomic mass is 16.5. The fourth-order valence-electron chi connectivity index (χ4n) is 2.74. The van der Waals surface area contributed by atoms with Gasteiger partial charge < -0.3 is 25.8 Å². The highest BCUT2D eigenvalue weighted by molar-refractivity contribution is 5.74. The van der Waals surface area contributed by atoms with E-state index in [4.69, 9.17) is 15.2 Å². The molecule has 0 heterocycles. The summed E-state index contributed by atoms with van der Waals surface area (Å²) in [5.41, 5.74) is 4.92. The molecule has 0 bridgehead atoms. The predicted octanol–water partition coefficient (Wildman–Crippen LogP) is 3.71. The van der Waals surface area contributed by atoms with E-state index in [9.17, 15) is 9.59 Å². The summed E-state index contributed by atoms with van der Waals surface area (Å²) in [7, 11) is 1.52. The Hall–Kier alpha value is -1.50. The van der Waals surface area contributed by atoms with Gasteiger partial charge in [-0.2, -0.15) is 0 Å². The van der Waals surface area contributed by atoms with E-state index in [2.05, 4.69) is 17.6 Å². The van der Waals surface area contributed by atoms with Gasteiger partial charge in [0.15, 0.2) is 0 Å². The second kappa shape index (κ2) is 18.3. The van der Waals surface area contributed by atoms with Crippen LogP contribution >= 0.6 is 0 Å². The van der Waals surface area contributed by atoms with Crippen LogP contribution < -0.4 is 16.4 Å². The third-order valence-electron chi connectivity index (χ3n) is 4.20. The largest absolute Gasteiger partial charge is 0.447 e. The van der Waals surface area contributed by atoms with Crippen molar-refractivity contribution in [2.24, 2.45) is 5.73 Å². The van der Waals surface area contributed by atoms with E-state index in [1.165, 1.54) is 64.9 Å². The van der Waals surface area contributed by atoms with E-state index >= 15 is 0 Å². The zero-order valence-electron chi connectivity index (χ0n) is 16.7. The van der Waals surface area contributed by atoms with Crippen molar-refractivity contribution in [3.63, 3.8) is 0 Å². The Kier molecular flexibility index (Phi) is 17.2. The molecule has 0 saturated heterocycles. The maximum Gasteiger partial charge on any atom is 0.404 e. The lowest BCUT2D eigenvalue weighted by Crippen LogP contribution is -2.47. The average Bonchev–Trinajstić information content (AvgIpc) is 2.60. The maximum atomic E-state index is 11.8. The van der Waals surface area contributed by atoms with Crippen LogP contribution in [-0.2, 0) is 9.47 Å². The second-order valence-corrected chi connectivity index (χ2v) is 6.72. The lowest BCUT2D eigenvalue weighted by molar-refractivity contribution is 0.107. The molecule has 0 aromatic rings. The Labute approximate surface area is 158 Å². The van der Waals surface area contributed by atoms with Gasteiger partial charge in [-0.15, -0.1) is 0 Å². The smallest absolute Gasteiger partial charge is 0.404 e. The van der Waals surface area contributed by atoms with Gasteiger partial charge in [0.25, 0.3) is 0 Å². The van der Waals surface area contributed by atoms with Gasteiger partial charge in [-0.3, -0.25) is 0 Å². The first kappa shape index (κ1) is 24.5. The molecule has 4 N–H and O–H groups in total. The molecule has 0 rings (SSSR count). The summed E-state index contributed by atoms with van der Waals surface area (Å²) in [5, 5.41) is 5.52. The SMILES string of the molecule is CCCCCCCCCCCCCNC(=O)NC(COC)COC(N)=O. The number of carbonyl (C=O) groups excluding carboxylic acids is 2. The van der Waals surface area contributed by atoms with Crippen molar-refractivity contribution in [1.82, 2.24) is 10.6 Å². The van der Waals surface area contributed by atoms with Crippen LogP contribution in [0.1, 0.15) is 77.6 Å². The summed E-state index contributed by atoms with van der Waals surface area (Å²) in [4.78, 5) is 22.4. The number of urea groups is 1. The van der Waals surface area contributed by atoms with Crippen LogP contribution in [0, 0.1) is 0 Å². The first-order valence-electron chi connectivity index (χ1n) is 10.1. The van der Waals surface area contributed by atoms with Crippen molar-refractivity contribution < 1.29 is 19.1 Å². The normalized spacial score (nSPS) is 11.8. The van der Waals surface area contributed by atoms with Crippen molar-refractivity contribution in [1.29, 1.82) is 0 Å². The molecule has 1 unspecified atom stereocenters. The van der Waals surface area contributed by atoms with Gasteiger partial charge in [-0.05, 0) is 6.42 Å². The van der Waals surface area contributed by atoms with E-state index in [0.717, 1.165) is 12.8 Å². The number of methoxy groups -OCH3 is 1. The van der Waals surface area contributed by atoms with Crippen molar-refractivity contribution >= 4 is 12.1 Å². The number of carbonyl (C=O) groups is 2. The lowest BCUT2D eigenvalue weighted by atomic mass is 10.1. The van der Waals surface area contributed by atoms with Gasteiger partial charge in [0.2, 0.25) is 0 Å². The van der Waals surface area contributed by atoms with E-state index in [0.29, 0.717) is 6.54 Å². The molecule has 7 nitrogen and oxygen atoms in total. The number of hydrogen-bond acceptors (Lipinski definition) is 4. The molecular formula is C19H39N3O4. The third kappa shape index (κ3) is 17.3. The Morgan fingerprint density at radius 1 is 0.885 bits per heavy atom. The van der Waals surface area contributed by atoms with E-state index in [1.54, 1.807) is 0 Å². The number of unbranched alkanes of at least 4 members (excludes halogenated alkanes) is 10. The summed E-state index contributed by atoms with van der Waals surface area (Å²) < 4.78 is 9.67. The number of primary amides is 1. The molecule has 1 atom stereocenters. The summed E-state index contributed by atoms with van der Waals surface area (Å²) in [6, 6.07) is -0.697.